The number of anilines is 2. The number of hydrogen-bond acceptors (Lipinski definition) is 3. The summed E-state index contributed by atoms with van der Waals surface area (Å²) in [7, 11) is 0. The Morgan fingerprint density at radius 2 is 1.76 bits per heavy atom. The zero-order valence-electron chi connectivity index (χ0n) is 14.2. The van der Waals surface area contributed by atoms with Gasteiger partial charge in [0.1, 0.15) is 5.82 Å². The van der Waals surface area contributed by atoms with Gasteiger partial charge in [-0.3, -0.25) is 4.79 Å². The molecule has 1 aromatic carbocycles. The van der Waals surface area contributed by atoms with E-state index in [1.165, 1.54) is 12.8 Å². The van der Waals surface area contributed by atoms with Crippen molar-refractivity contribution in [3.05, 3.63) is 53.2 Å². The summed E-state index contributed by atoms with van der Waals surface area (Å²) in [5.74, 6) is 1.04. The summed E-state index contributed by atoms with van der Waals surface area (Å²) in [6, 6.07) is 11.6. The van der Waals surface area contributed by atoms with Gasteiger partial charge in [0, 0.05) is 18.1 Å². The van der Waals surface area contributed by atoms with Crippen molar-refractivity contribution >= 4 is 29.0 Å². The second-order valence-electron chi connectivity index (χ2n) is 7.00. The summed E-state index contributed by atoms with van der Waals surface area (Å²) in [4.78, 5) is 19.8. The van der Waals surface area contributed by atoms with Gasteiger partial charge in [-0.15, -0.1) is 0 Å². The van der Waals surface area contributed by atoms with Crippen molar-refractivity contribution < 1.29 is 4.79 Å². The zero-order valence-corrected chi connectivity index (χ0v) is 14.9. The molecule has 130 valence electrons. The van der Waals surface area contributed by atoms with E-state index in [2.05, 4.69) is 15.2 Å². The summed E-state index contributed by atoms with van der Waals surface area (Å²) >= 11 is 5.99. The Morgan fingerprint density at radius 3 is 2.32 bits per heavy atom. The summed E-state index contributed by atoms with van der Waals surface area (Å²) in [6.45, 7) is 2.14. The largest absolute Gasteiger partial charge is 0.357 e. The second-order valence-corrected chi connectivity index (χ2v) is 7.43. The van der Waals surface area contributed by atoms with Crippen LogP contribution in [0.15, 0.2) is 42.6 Å². The minimum atomic E-state index is -0.432. The third-order valence-electron chi connectivity index (χ3n) is 5.47. The van der Waals surface area contributed by atoms with E-state index in [0.717, 1.165) is 49.4 Å². The van der Waals surface area contributed by atoms with Crippen molar-refractivity contribution in [2.45, 2.75) is 37.5 Å². The zero-order chi connectivity index (χ0) is 17.3. The molecule has 4 rings (SSSR count). The van der Waals surface area contributed by atoms with Gasteiger partial charge in [-0.05, 0) is 55.5 Å². The summed E-state index contributed by atoms with van der Waals surface area (Å²) < 4.78 is 0. The highest BCUT2D eigenvalue weighted by molar-refractivity contribution is 6.30. The highest BCUT2D eigenvalue weighted by atomic mass is 35.5. The molecule has 0 bridgehead atoms. The lowest BCUT2D eigenvalue weighted by Gasteiger charge is -2.40. The fourth-order valence-corrected chi connectivity index (χ4v) is 3.92. The van der Waals surface area contributed by atoms with Crippen molar-refractivity contribution in [3.63, 3.8) is 0 Å². The van der Waals surface area contributed by atoms with Crippen molar-refractivity contribution in [2.75, 3.05) is 23.3 Å². The van der Waals surface area contributed by atoms with Crippen LogP contribution in [0, 0.1) is 0 Å². The number of rotatable bonds is 4. The van der Waals surface area contributed by atoms with E-state index < -0.39 is 5.41 Å². The van der Waals surface area contributed by atoms with Crippen LogP contribution in [0.1, 0.15) is 37.7 Å². The smallest absolute Gasteiger partial charge is 0.235 e. The molecule has 1 amide bonds. The molecule has 1 saturated heterocycles. The van der Waals surface area contributed by atoms with Crippen LogP contribution in [0.5, 0.6) is 0 Å². The fourth-order valence-electron chi connectivity index (χ4n) is 3.79. The molecule has 0 unspecified atom stereocenters. The highest BCUT2D eigenvalue weighted by Gasteiger charge is 2.45. The molecule has 1 aliphatic heterocycles. The van der Waals surface area contributed by atoms with Crippen LogP contribution in [0.25, 0.3) is 0 Å². The minimum absolute atomic E-state index is 0.0526. The molecule has 0 spiro atoms. The van der Waals surface area contributed by atoms with E-state index in [0.29, 0.717) is 5.02 Å². The SMILES string of the molecule is O=C(Nc1ccc(N2CCCC2)nc1)C1(c2ccc(Cl)cc2)CCC1. The maximum absolute atomic E-state index is 13.0. The molecule has 1 aromatic heterocycles. The van der Waals surface area contributed by atoms with E-state index in [4.69, 9.17) is 11.6 Å². The molecule has 4 nitrogen and oxygen atoms in total. The molecular formula is C20H22ClN3O. The topological polar surface area (TPSA) is 45.2 Å². The Labute approximate surface area is 153 Å². The number of aromatic nitrogens is 1. The van der Waals surface area contributed by atoms with Crippen LogP contribution < -0.4 is 10.2 Å². The van der Waals surface area contributed by atoms with Gasteiger partial charge in [-0.2, -0.15) is 0 Å². The maximum atomic E-state index is 13.0. The van der Waals surface area contributed by atoms with Crippen molar-refractivity contribution in [1.82, 2.24) is 4.98 Å². The molecular weight excluding hydrogens is 334 g/mol. The first-order valence-corrected chi connectivity index (χ1v) is 9.34. The van der Waals surface area contributed by atoms with Crippen LogP contribution in [0.4, 0.5) is 11.5 Å². The molecule has 0 atom stereocenters. The minimum Gasteiger partial charge on any atom is -0.357 e. The monoisotopic (exact) mass is 355 g/mol. The van der Waals surface area contributed by atoms with Gasteiger partial charge in [0.15, 0.2) is 0 Å². The first kappa shape index (κ1) is 16.4. The standard InChI is InChI=1S/C20H22ClN3O/c21-16-6-4-15(5-7-16)20(10-3-11-20)19(25)23-17-8-9-18(22-14-17)24-12-1-2-13-24/h4-9,14H,1-3,10-13H2,(H,23,25). The van der Waals surface area contributed by atoms with E-state index in [1.54, 1.807) is 6.20 Å². The molecule has 25 heavy (non-hydrogen) atoms. The van der Waals surface area contributed by atoms with E-state index in [1.807, 2.05) is 36.4 Å². The number of carbonyl (C=O) groups excluding carboxylic acids is 1. The van der Waals surface area contributed by atoms with Gasteiger partial charge in [0.25, 0.3) is 0 Å². The number of carbonyl (C=O) groups is 1. The van der Waals surface area contributed by atoms with Crippen LogP contribution in [0.3, 0.4) is 0 Å². The highest BCUT2D eigenvalue weighted by Crippen LogP contribution is 2.44. The summed E-state index contributed by atoms with van der Waals surface area (Å²) in [6.07, 6.45) is 7.04. The number of benzene rings is 1. The molecule has 2 aromatic rings. The lowest BCUT2D eigenvalue weighted by Crippen LogP contribution is -2.46. The first-order valence-electron chi connectivity index (χ1n) is 8.96. The second kappa shape index (κ2) is 6.68. The Kier molecular flexibility index (Phi) is 4.38. The normalized spacial score (nSPS) is 18.7. The lowest BCUT2D eigenvalue weighted by molar-refractivity contribution is -0.124. The quantitative estimate of drug-likeness (QED) is 0.884. The summed E-state index contributed by atoms with van der Waals surface area (Å²) in [5, 5.41) is 3.76. The predicted octanol–water partition coefficient (Wildman–Crippen LogP) is 4.40. The van der Waals surface area contributed by atoms with Gasteiger partial charge >= 0.3 is 0 Å². The number of nitrogens with zero attached hydrogens (tertiary/aromatic N) is 2. The molecule has 0 radical (unpaired) electrons. The number of hydrogen-bond donors (Lipinski definition) is 1. The van der Waals surface area contributed by atoms with Crippen molar-refractivity contribution in [1.29, 1.82) is 0 Å². The van der Waals surface area contributed by atoms with E-state index in [-0.39, 0.29) is 5.91 Å². The Hall–Kier alpha value is -2.07. The van der Waals surface area contributed by atoms with Crippen LogP contribution in [-0.4, -0.2) is 24.0 Å². The summed E-state index contributed by atoms with van der Waals surface area (Å²) in [5.41, 5.74) is 1.37. The van der Waals surface area contributed by atoms with Gasteiger partial charge in [0.05, 0.1) is 17.3 Å². The van der Waals surface area contributed by atoms with Crippen LogP contribution in [-0.2, 0) is 10.2 Å². The van der Waals surface area contributed by atoms with Crippen LogP contribution >= 0.6 is 11.6 Å². The van der Waals surface area contributed by atoms with Crippen molar-refractivity contribution in [3.8, 4) is 0 Å². The van der Waals surface area contributed by atoms with Gasteiger partial charge < -0.3 is 10.2 Å². The maximum Gasteiger partial charge on any atom is 0.235 e. The average Bonchev–Trinajstić information content (AvgIpc) is 3.11. The Balaban J connectivity index is 1.49. The first-order chi connectivity index (χ1) is 12.2. The predicted molar refractivity (Wildman–Crippen MR) is 101 cm³/mol. The van der Waals surface area contributed by atoms with Gasteiger partial charge in [-0.25, -0.2) is 4.98 Å². The molecule has 1 aliphatic carbocycles. The molecule has 1 saturated carbocycles. The molecule has 5 heteroatoms. The average molecular weight is 356 g/mol. The van der Waals surface area contributed by atoms with Crippen LogP contribution in [0.2, 0.25) is 5.02 Å². The van der Waals surface area contributed by atoms with Gasteiger partial charge in [0.2, 0.25) is 5.91 Å². The Bertz CT molecular complexity index is 748. The fraction of sp³-hybridized carbons (Fsp3) is 0.400. The van der Waals surface area contributed by atoms with E-state index >= 15 is 0 Å². The number of nitrogens with one attached hydrogen (secondary N) is 1. The number of pyridine rings is 1. The number of halogens is 1. The third-order valence-corrected chi connectivity index (χ3v) is 5.73. The Morgan fingerprint density at radius 1 is 1.04 bits per heavy atom. The molecule has 2 aliphatic rings. The lowest BCUT2D eigenvalue weighted by atomic mass is 9.64. The molecule has 2 fully saturated rings. The molecule has 1 N–H and O–H groups in total. The van der Waals surface area contributed by atoms with Gasteiger partial charge in [-0.1, -0.05) is 30.2 Å². The molecule has 2 heterocycles. The number of amides is 1. The van der Waals surface area contributed by atoms with Crippen molar-refractivity contribution in [2.24, 2.45) is 0 Å². The third kappa shape index (κ3) is 3.11. The van der Waals surface area contributed by atoms with E-state index in [9.17, 15) is 4.79 Å².